The number of hydrogen-bond donors (Lipinski definition) is 2. The number of amides is 2. The van der Waals surface area contributed by atoms with Gasteiger partial charge in [-0.15, -0.1) is 0 Å². The van der Waals surface area contributed by atoms with Gasteiger partial charge in [0.25, 0.3) is 11.8 Å². The number of fused-ring (bicyclic) bond motifs is 1. The van der Waals surface area contributed by atoms with Gasteiger partial charge in [-0.3, -0.25) is 19.3 Å². The number of benzene rings is 3. The summed E-state index contributed by atoms with van der Waals surface area (Å²) in [5.41, 5.74) is 4.30. The first kappa shape index (κ1) is 31.0. The SMILES string of the molecule is COc1ccc(CN(CC(CNC(=O)c2ccc(C(=O)N3CCOCC3)cc2)C(=O)O)C2Cc3ccccc3C2)c(OC)c1. The topological polar surface area (TPSA) is 118 Å². The van der Waals surface area contributed by atoms with Gasteiger partial charge < -0.3 is 29.5 Å². The van der Waals surface area contributed by atoms with E-state index in [1.54, 1.807) is 43.4 Å². The normalized spacial score (nSPS) is 15.5. The Morgan fingerprint density at radius 2 is 1.61 bits per heavy atom. The summed E-state index contributed by atoms with van der Waals surface area (Å²) in [4.78, 5) is 42.2. The molecule has 1 aliphatic heterocycles. The van der Waals surface area contributed by atoms with Crippen molar-refractivity contribution in [3.8, 4) is 11.5 Å². The number of morpholine rings is 1. The van der Waals surface area contributed by atoms with Crippen LogP contribution in [-0.2, 0) is 28.9 Å². The molecule has 1 unspecified atom stereocenters. The molecule has 10 heteroatoms. The van der Waals surface area contributed by atoms with Gasteiger partial charge in [0.15, 0.2) is 0 Å². The van der Waals surface area contributed by atoms with E-state index < -0.39 is 17.8 Å². The molecule has 0 radical (unpaired) electrons. The minimum absolute atomic E-state index is 0.0431. The van der Waals surface area contributed by atoms with E-state index >= 15 is 0 Å². The first-order chi connectivity index (χ1) is 21.4. The first-order valence-corrected chi connectivity index (χ1v) is 14.9. The standard InChI is InChI=1S/C34H39N3O7/c1-42-30-12-11-27(31(19-30)43-2)21-37(29-17-25-5-3-4-6-26(25)18-29)22-28(34(40)41)20-35-32(38)23-7-9-24(10-8-23)33(39)36-13-15-44-16-14-36/h3-12,19,28-29H,13-18,20-22H2,1-2H3,(H,35,38)(H,40,41). The van der Waals surface area contributed by atoms with E-state index in [9.17, 15) is 19.5 Å². The van der Waals surface area contributed by atoms with E-state index in [4.69, 9.17) is 14.2 Å². The number of carbonyl (C=O) groups excluding carboxylic acids is 2. The fourth-order valence-electron chi connectivity index (χ4n) is 5.88. The Hall–Kier alpha value is -4.41. The minimum Gasteiger partial charge on any atom is -0.497 e. The summed E-state index contributed by atoms with van der Waals surface area (Å²) in [5, 5.41) is 13.0. The lowest BCUT2D eigenvalue weighted by atomic mass is 10.0. The molecule has 0 bridgehead atoms. The van der Waals surface area contributed by atoms with Crippen molar-refractivity contribution in [2.24, 2.45) is 5.92 Å². The maximum Gasteiger partial charge on any atom is 0.309 e. The van der Waals surface area contributed by atoms with Crippen LogP contribution in [0.15, 0.2) is 66.7 Å². The second-order valence-electron chi connectivity index (χ2n) is 11.2. The van der Waals surface area contributed by atoms with Gasteiger partial charge in [0.1, 0.15) is 11.5 Å². The maximum atomic E-state index is 13.0. The first-order valence-electron chi connectivity index (χ1n) is 14.9. The molecule has 2 aliphatic rings. The van der Waals surface area contributed by atoms with Crippen LogP contribution in [0.5, 0.6) is 11.5 Å². The Balaban J connectivity index is 1.27. The summed E-state index contributed by atoms with van der Waals surface area (Å²) in [6.45, 7) is 2.75. The van der Waals surface area contributed by atoms with Crippen LogP contribution in [0.25, 0.3) is 0 Å². The molecular weight excluding hydrogens is 562 g/mol. The molecule has 1 heterocycles. The minimum atomic E-state index is -0.987. The molecule has 232 valence electrons. The molecule has 44 heavy (non-hydrogen) atoms. The predicted octanol–water partition coefficient (Wildman–Crippen LogP) is 3.28. The molecule has 2 amide bonds. The van der Waals surface area contributed by atoms with E-state index in [-0.39, 0.29) is 25.0 Å². The fourth-order valence-corrected chi connectivity index (χ4v) is 5.88. The Labute approximate surface area is 257 Å². The maximum absolute atomic E-state index is 13.0. The van der Waals surface area contributed by atoms with Gasteiger partial charge in [0.05, 0.1) is 33.4 Å². The smallest absolute Gasteiger partial charge is 0.309 e. The van der Waals surface area contributed by atoms with Gasteiger partial charge in [-0.2, -0.15) is 0 Å². The number of carbonyl (C=O) groups is 3. The van der Waals surface area contributed by atoms with Crippen molar-refractivity contribution in [1.82, 2.24) is 15.1 Å². The van der Waals surface area contributed by atoms with Crippen LogP contribution in [-0.4, -0.2) is 92.3 Å². The van der Waals surface area contributed by atoms with Crippen molar-refractivity contribution in [3.63, 3.8) is 0 Å². The lowest BCUT2D eigenvalue weighted by molar-refractivity contribution is -0.142. The molecule has 1 atom stereocenters. The number of ether oxygens (including phenoxy) is 3. The highest BCUT2D eigenvalue weighted by Crippen LogP contribution is 2.31. The summed E-state index contributed by atoms with van der Waals surface area (Å²) in [6.07, 6.45) is 1.62. The Morgan fingerprint density at radius 3 is 2.23 bits per heavy atom. The second-order valence-corrected chi connectivity index (χ2v) is 11.2. The highest BCUT2D eigenvalue weighted by Gasteiger charge is 2.31. The zero-order chi connectivity index (χ0) is 31.1. The summed E-state index contributed by atoms with van der Waals surface area (Å²) in [6, 6.07) is 20.5. The van der Waals surface area contributed by atoms with E-state index in [1.165, 1.54) is 11.1 Å². The molecule has 5 rings (SSSR count). The van der Waals surface area contributed by atoms with E-state index in [0.29, 0.717) is 55.5 Å². The average Bonchev–Trinajstić information content (AvgIpc) is 3.50. The zero-order valence-corrected chi connectivity index (χ0v) is 25.2. The highest BCUT2D eigenvalue weighted by molar-refractivity contribution is 5.98. The van der Waals surface area contributed by atoms with Crippen LogP contribution in [0, 0.1) is 5.92 Å². The quantitative estimate of drug-likeness (QED) is 0.325. The lowest BCUT2D eigenvalue weighted by Gasteiger charge is -2.32. The molecule has 3 aromatic carbocycles. The summed E-state index contributed by atoms with van der Waals surface area (Å²) < 4.78 is 16.3. The van der Waals surface area contributed by atoms with Gasteiger partial charge in [-0.05, 0) is 54.3 Å². The van der Waals surface area contributed by atoms with Crippen LogP contribution < -0.4 is 14.8 Å². The van der Waals surface area contributed by atoms with Gasteiger partial charge in [-0.1, -0.05) is 30.3 Å². The van der Waals surface area contributed by atoms with Gasteiger partial charge >= 0.3 is 5.97 Å². The van der Waals surface area contributed by atoms with Crippen molar-refractivity contribution in [2.45, 2.75) is 25.4 Å². The number of methoxy groups -OCH3 is 2. The zero-order valence-electron chi connectivity index (χ0n) is 25.2. The largest absolute Gasteiger partial charge is 0.497 e. The van der Waals surface area contributed by atoms with Gasteiger partial charge in [-0.25, -0.2) is 0 Å². The molecule has 1 aliphatic carbocycles. The molecular formula is C34H39N3O7. The van der Waals surface area contributed by atoms with Crippen molar-refractivity contribution in [1.29, 1.82) is 0 Å². The average molecular weight is 602 g/mol. The van der Waals surface area contributed by atoms with Crippen molar-refractivity contribution >= 4 is 17.8 Å². The molecule has 1 fully saturated rings. The van der Waals surface area contributed by atoms with Crippen molar-refractivity contribution in [3.05, 3.63) is 94.5 Å². The monoisotopic (exact) mass is 601 g/mol. The molecule has 2 N–H and O–H groups in total. The molecule has 1 saturated heterocycles. The number of carboxylic acids is 1. The van der Waals surface area contributed by atoms with E-state index in [2.05, 4.69) is 22.3 Å². The summed E-state index contributed by atoms with van der Waals surface area (Å²) in [7, 11) is 3.20. The lowest BCUT2D eigenvalue weighted by Crippen LogP contribution is -2.44. The molecule has 0 saturated carbocycles. The number of hydrogen-bond acceptors (Lipinski definition) is 7. The van der Waals surface area contributed by atoms with Gasteiger partial charge in [0.2, 0.25) is 0 Å². The second kappa shape index (κ2) is 14.4. The third-order valence-corrected chi connectivity index (χ3v) is 8.42. The van der Waals surface area contributed by atoms with E-state index in [1.807, 2.05) is 30.3 Å². The highest BCUT2D eigenvalue weighted by atomic mass is 16.5. The summed E-state index contributed by atoms with van der Waals surface area (Å²) >= 11 is 0. The number of rotatable bonds is 12. The molecule has 10 nitrogen and oxygen atoms in total. The molecule has 0 aromatic heterocycles. The number of nitrogens with zero attached hydrogens (tertiary/aromatic N) is 2. The van der Waals surface area contributed by atoms with Crippen LogP contribution >= 0.6 is 0 Å². The van der Waals surface area contributed by atoms with Crippen LogP contribution in [0.3, 0.4) is 0 Å². The third-order valence-electron chi connectivity index (χ3n) is 8.42. The van der Waals surface area contributed by atoms with Crippen molar-refractivity contribution < 1.29 is 33.7 Å². The van der Waals surface area contributed by atoms with Gasteiger partial charge in [0, 0.05) is 61.5 Å². The van der Waals surface area contributed by atoms with Crippen LogP contribution in [0.1, 0.15) is 37.4 Å². The Morgan fingerprint density at radius 1 is 0.955 bits per heavy atom. The van der Waals surface area contributed by atoms with Crippen molar-refractivity contribution in [2.75, 3.05) is 53.6 Å². The predicted molar refractivity (Wildman–Crippen MR) is 164 cm³/mol. The number of nitrogens with one attached hydrogen (secondary N) is 1. The van der Waals surface area contributed by atoms with Crippen LogP contribution in [0.2, 0.25) is 0 Å². The fraction of sp³-hybridized carbons (Fsp3) is 0.382. The number of aliphatic carboxylic acids is 1. The Kier molecular flexibility index (Phi) is 10.1. The molecule has 3 aromatic rings. The number of carboxylic acid groups (broad SMARTS) is 1. The van der Waals surface area contributed by atoms with Crippen LogP contribution in [0.4, 0.5) is 0 Å². The molecule has 0 spiro atoms. The van der Waals surface area contributed by atoms with E-state index in [0.717, 1.165) is 18.4 Å². The Bertz CT molecular complexity index is 1440. The summed E-state index contributed by atoms with van der Waals surface area (Å²) in [5.74, 6) is -0.990. The third kappa shape index (κ3) is 7.38.